The minimum Gasteiger partial charge on any atom is -0.303 e. The lowest BCUT2D eigenvalue weighted by molar-refractivity contribution is -0.127. The molecule has 15 heavy (non-hydrogen) atoms. The molecule has 4 aliphatic heterocycles. The lowest BCUT2D eigenvalue weighted by Gasteiger charge is -2.46. The molecule has 82 valence electrons. The van der Waals surface area contributed by atoms with Crippen molar-refractivity contribution in [2.24, 2.45) is 17.8 Å². The van der Waals surface area contributed by atoms with E-state index in [1.807, 2.05) is 0 Å². The van der Waals surface area contributed by atoms with Crippen LogP contribution < -0.4 is 5.32 Å². The van der Waals surface area contributed by atoms with Gasteiger partial charge in [-0.05, 0) is 37.8 Å². The summed E-state index contributed by atoms with van der Waals surface area (Å²) >= 11 is 0. The number of fused-ring (bicyclic) bond motifs is 3. The highest BCUT2D eigenvalue weighted by Crippen LogP contribution is 2.39. The normalized spacial score (nSPS) is 44.5. The Bertz CT molecular complexity index is 308. The van der Waals surface area contributed by atoms with Crippen molar-refractivity contribution in [1.82, 2.24) is 10.2 Å². The van der Waals surface area contributed by atoms with E-state index in [9.17, 15) is 9.59 Å². The lowest BCUT2D eigenvalue weighted by Crippen LogP contribution is -2.50. The van der Waals surface area contributed by atoms with Gasteiger partial charge in [0, 0.05) is 13.0 Å². The molecule has 0 saturated carbocycles. The largest absolute Gasteiger partial charge is 0.303 e. The molecule has 4 heterocycles. The second-order valence-electron chi connectivity index (χ2n) is 5.02. The van der Waals surface area contributed by atoms with E-state index in [-0.39, 0.29) is 17.7 Å². The van der Waals surface area contributed by atoms with Crippen LogP contribution in [0, 0.1) is 17.8 Å². The highest BCUT2D eigenvalue weighted by molar-refractivity contribution is 6.03. The van der Waals surface area contributed by atoms with Crippen LogP contribution in [0.4, 0.5) is 0 Å². The Kier molecular flexibility index (Phi) is 2.06. The molecule has 1 N–H and O–H groups in total. The Morgan fingerprint density at radius 1 is 1.20 bits per heavy atom. The fraction of sp³-hybridized carbons (Fsp3) is 0.818. The summed E-state index contributed by atoms with van der Waals surface area (Å²) in [7, 11) is 0. The standard InChI is InChI=1S/C11H16N2O2/c14-10-5-8(11(15)12-10)9-6-13-3-1-7(9)2-4-13/h7-9H,1-6H2,(H,12,14,15). The number of amides is 2. The predicted octanol–water partition coefficient (Wildman–Crippen LogP) is -0.00910. The summed E-state index contributed by atoms with van der Waals surface area (Å²) < 4.78 is 0. The molecule has 2 unspecified atom stereocenters. The fourth-order valence-corrected chi connectivity index (χ4v) is 3.39. The first-order valence-electron chi connectivity index (χ1n) is 5.80. The Morgan fingerprint density at radius 3 is 2.40 bits per heavy atom. The van der Waals surface area contributed by atoms with Crippen LogP contribution in [0.15, 0.2) is 0 Å². The summed E-state index contributed by atoms with van der Waals surface area (Å²) in [5.74, 6) is 0.960. The molecule has 0 aromatic heterocycles. The molecule has 0 aromatic carbocycles. The molecular formula is C11H16N2O2. The van der Waals surface area contributed by atoms with Crippen LogP contribution in [0.3, 0.4) is 0 Å². The maximum Gasteiger partial charge on any atom is 0.230 e. The Hall–Kier alpha value is -0.900. The highest BCUT2D eigenvalue weighted by atomic mass is 16.2. The number of nitrogens with zero attached hydrogens (tertiary/aromatic N) is 1. The van der Waals surface area contributed by atoms with E-state index in [1.165, 1.54) is 25.9 Å². The summed E-state index contributed by atoms with van der Waals surface area (Å²) in [5.41, 5.74) is 0. The number of hydrogen-bond donors (Lipinski definition) is 1. The molecule has 4 rings (SSSR count). The van der Waals surface area contributed by atoms with Gasteiger partial charge in [-0.25, -0.2) is 0 Å². The second-order valence-corrected chi connectivity index (χ2v) is 5.02. The summed E-state index contributed by atoms with van der Waals surface area (Å²) in [6.45, 7) is 3.39. The molecule has 4 aliphatic rings. The van der Waals surface area contributed by atoms with Gasteiger partial charge in [0.05, 0.1) is 5.92 Å². The van der Waals surface area contributed by atoms with Crippen molar-refractivity contribution in [3.05, 3.63) is 0 Å². The maximum atomic E-state index is 11.6. The molecular weight excluding hydrogens is 192 g/mol. The van der Waals surface area contributed by atoms with Gasteiger partial charge >= 0.3 is 0 Å². The molecule has 2 amide bonds. The number of carbonyl (C=O) groups is 2. The molecule has 0 spiro atoms. The number of nitrogens with one attached hydrogen (secondary N) is 1. The molecule has 4 heteroatoms. The summed E-state index contributed by atoms with van der Waals surface area (Å²) in [6.07, 6.45) is 2.85. The van der Waals surface area contributed by atoms with Gasteiger partial charge in [-0.1, -0.05) is 0 Å². The maximum absolute atomic E-state index is 11.6. The first kappa shape index (κ1) is 9.33. The second kappa shape index (κ2) is 3.30. The zero-order chi connectivity index (χ0) is 10.4. The van der Waals surface area contributed by atoms with Crippen LogP contribution in [0.2, 0.25) is 0 Å². The van der Waals surface area contributed by atoms with Crippen molar-refractivity contribution in [3.8, 4) is 0 Å². The minimum atomic E-state index is -0.0820. The van der Waals surface area contributed by atoms with Crippen LogP contribution in [0.25, 0.3) is 0 Å². The molecule has 2 atom stereocenters. The van der Waals surface area contributed by atoms with Crippen molar-refractivity contribution < 1.29 is 9.59 Å². The van der Waals surface area contributed by atoms with Crippen molar-refractivity contribution in [3.63, 3.8) is 0 Å². The van der Waals surface area contributed by atoms with Crippen molar-refractivity contribution >= 4 is 11.8 Å². The third kappa shape index (κ3) is 1.47. The molecule has 0 radical (unpaired) electrons. The lowest BCUT2D eigenvalue weighted by atomic mass is 9.72. The van der Waals surface area contributed by atoms with Crippen LogP contribution in [0.5, 0.6) is 0 Å². The Labute approximate surface area is 89.0 Å². The highest BCUT2D eigenvalue weighted by Gasteiger charge is 2.44. The molecule has 0 aliphatic carbocycles. The average Bonchev–Trinajstić information content (AvgIpc) is 2.59. The van der Waals surface area contributed by atoms with Gasteiger partial charge in [0.15, 0.2) is 0 Å². The quantitative estimate of drug-likeness (QED) is 0.617. The molecule has 4 fully saturated rings. The van der Waals surface area contributed by atoms with Gasteiger partial charge in [-0.2, -0.15) is 0 Å². The van der Waals surface area contributed by atoms with E-state index >= 15 is 0 Å². The SMILES string of the molecule is O=C1CC(C2CN3CCC2CC3)C(=O)N1. The first-order valence-corrected chi connectivity index (χ1v) is 5.80. The average molecular weight is 208 g/mol. The van der Waals surface area contributed by atoms with E-state index in [1.54, 1.807) is 0 Å². The molecule has 4 nitrogen and oxygen atoms in total. The number of imide groups is 1. The zero-order valence-electron chi connectivity index (χ0n) is 8.74. The van der Waals surface area contributed by atoms with E-state index < -0.39 is 0 Å². The van der Waals surface area contributed by atoms with E-state index in [0.717, 1.165) is 6.54 Å². The molecule has 4 saturated heterocycles. The van der Waals surface area contributed by atoms with E-state index in [2.05, 4.69) is 10.2 Å². The third-order valence-corrected chi connectivity index (χ3v) is 4.23. The van der Waals surface area contributed by atoms with Gasteiger partial charge in [-0.3, -0.25) is 14.9 Å². The number of rotatable bonds is 1. The smallest absolute Gasteiger partial charge is 0.230 e. The number of piperidine rings is 3. The topological polar surface area (TPSA) is 49.4 Å². The third-order valence-electron chi connectivity index (χ3n) is 4.23. The van der Waals surface area contributed by atoms with Crippen molar-refractivity contribution in [1.29, 1.82) is 0 Å². The van der Waals surface area contributed by atoms with E-state index in [0.29, 0.717) is 18.3 Å². The molecule has 2 bridgehead atoms. The van der Waals surface area contributed by atoms with Gasteiger partial charge in [0.2, 0.25) is 11.8 Å². The Morgan fingerprint density at radius 2 is 1.93 bits per heavy atom. The summed E-state index contributed by atoms with van der Waals surface area (Å²) in [6, 6.07) is 0. The first-order chi connectivity index (χ1) is 7.24. The van der Waals surface area contributed by atoms with Gasteiger partial charge in [-0.15, -0.1) is 0 Å². The monoisotopic (exact) mass is 208 g/mol. The van der Waals surface area contributed by atoms with Crippen molar-refractivity contribution in [2.45, 2.75) is 19.3 Å². The van der Waals surface area contributed by atoms with Crippen molar-refractivity contribution in [2.75, 3.05) is 19.6 Å². The van der Waals surface area contributed by atoms with Crippen LogP contribution in [-0.4, -0.2) is 36.3 Å². The van der Waals surface area contributed by atoms with Gasteiger partial charge in [0.1, 0.15) is 0 Å². The summed E-state index contributed by atoms with van der Waals surface area (Å²) in [5, 5.41) is 2.43. The van der Waals surface area contributed by atoms with Gasteiger partial charge < -0.3 is 4.90 Å². The summed E-state index contributed by atoms with van der Waals surface area (Å²) in [4.78, 5) is 25.2. The van der Waals surface area contributed by atoms with E-state index in [4.69, 9.17) is 0 Å². The van der Waals surface area contributed by atoms with Gasteiger partial charge in [0.25, 0.3) is 0 Å². The Balaban J connectivity index is 1.77. The number of hydrogen-bond acceptors (Lipinski definition) is 3. The minimum absolute atomic E-state index is 0.0289. The zero-order valence-corrected chi connectivity index (χ0v) is 8.74. The van der Waals surface area contributed by atoms with Crippen LogP contribution in [0.1, 0.15) is 19.3 Å². The van der Waals surface area contributed by atoms with Crippen LogP contribution in [-0.2, 0) is 9.59 Å². The molecule has 0 aromatic rings. The van der Waals surface area contributed by atoms with Crippen LogP contribution >= 0.6 is 0 Å². The predicted molar refractivity (Wildman–Crippen MR) is 53.9 cm³/mol. The fourth-order valence-electron chi connectivity index (χ4n) is 3.39. The number of carbonyl (C=O) groups excluding carboxylic acids is 2.